The summed E-state index contributed by atoms with van der Waals surface area (Å²) in [5.74, 6) is 0. The SMILES string of the molecule is Cn1ccc(CCNc2cc(Cl)c(Cl)cc2[N+](=O)[O-])n1. The molecule has 0 aliphatic carbocycles. The topological polar surface area (TPSA) is 73.0 Å². The van der Waals surface area contributed by atoms with Gasteiger partial charge in [-0.3, -0.25) is 14.8 Å². The zero-order chi connectivity index (χ0) is 14.7. The van der Waals surface area contributed by atoms with Crippen molar-refractivity contribution in [1.29, 1.82) is 0 Å². The molecule has 0 aliphatic heterocycles. The minimum Gasteiger partial charge on any atom is -0.379 e. The molecule has 0 spiro atoms. The van der Waals surface area contributed by atoms with E-state index < -0.39 is 4.92 Å². The lowest BCUT2D eigenvalue weighted by Gasteiger charge is -2.07. The van der Waals surface area contributed by atoms with Gasteiger partial charge in [-0.2, -0.15) is 5.10 Å². The molecule has 8 heteroatoms. The molecule has 106 valence electrons. The Morgan fingerprint density at radius 1 is 1.40 bits per heavy atom. The van der Waals surface area contributed by atoms with E-state index in [9.17, 15) is 10.1 Å². The van der Waals surface area contributed by atoms with Gasteiger partial charge in [0.05, 0.1) is 20.7 Å². The summed E-state index contributed by atoms with van der Waals surface area (Å²) in [6.07, 6.45) is 2.50. The molecule has 2 rings (SSSR count). The van der Waals surface area contributed by atoms with Crippen LogP contribution >= 0.6 is 23.2 Å². The highest BCUT2D eigenvalue weighted by Crippen LogP contribution is 2.33. The first kappa shape index (κ1) is 14.6. The van der Waals surface area contributed by atoms with Crippen molar-refractivity contribution in [2.75, 3.05) is 11.9 Å². The summed E-state index contributed by atoms with van der Waals surface area (Å²) in [5, 5.41) is 18.6. The molecule has 0 fully saturated rings. The minimum absolute atomic E-state index is 0.0968. The predicted octanol–water partition coefficient (Wildman–Crippen LogP) is 3.29. The van der Waals surface area contributed by atoms with Gasteiger partial charge in [0.15, 0.2) is 0 Å². The van der Waals surface area contributed by atoms with Crippen LogP contribution in [-0.4, -0.2) is 21.2 Å². The number of nitro benzene ring substituents is 1. The lowest BCUT2D eigenvalue weighted by Crippen LogP contribution is -2.07. The van der Waals surface area contributed by atoms with E-state index in [1.807, 2.05) is 19.3 Å². The number of rotatable bonds is 5. The van der Waals surface area contributed by atoms with E-state index in [1.165, 1.54) is 12.1 Å². The average Bonchev–Trinajstić information content (AvgIpc) is 2.79. The molecular weight excluding hydrogens is 303 g/mol. The van der Waals surface area contributed by atoms with E-state index in [0.29, 0.717) is 18.7 Å². The maximum absolute atomic E-state index is 11.0. The first-order chi connectivity index (χ1) is 9.47. The Bertz CT molecular complexity index is 642. The van der Waals surface area contributed by atoms with Crippen LogP contribution in [0.3, 0.4) is 0 Å². The summed E-state index contributed by atoms with van der Waals surface area (Å²) >= 11 is 11.7. The largest absolute Gasteiger partial charge is 0.379 e. The molecule has 0 bridgehead atoms. The number of nitrogens with one attached hydrogen (secondary N) is 1. The quantitative estimate of drug-likeness (QED) is 0.679. The molecule has 20 heavy (non-hydrogen) atoms. The number of nitro groups is 1. The van der Waals surface area contributed by atoms with Gasteiger partial charge in [0.25, 0.3) is 5.69 Å². The second-order valence-corrected chi connectivity index (χ2v) is 5.01. The summed E-state index contributed by atoms with van der Waals surface area (Å²) < 4.78 is 1.71. The maximum atomic E-state index is 11.0. The van der Waals surface area contributed by atoms with Gasteiger partial charge in [-0.05, 0) is 12.1 Å². The van der Waals surface area contributed by atoms with Crippen LogP contribution < -0.4 is 5.32 Å². The third-order valence-electron chi connectivity index (χ3n) is 2.70. The van der Waals surface area contributed by atoms with Gasteiger partial charge in [0.1, 0.15) is 5.69 Å². The fourth-order valence-electron chi connectivity index (χ4n) is 1.75. The van der Waals surface area contributed by atoms with Crippen molar-refractivity contribution in [1.82, 2.24) is 9.78 Å². The Morgan fingerprint density at radius 3 is 2.70 bits per heavy atom. The molecule has 6 nitrogen and oxygen atoms in total. The van der Waals surface area contributed by atoms with E-state index in [-0.39, 0.29) is 15.7 Å². The number of aryl methyl sites for hydroxylation is 1. The second-order valence-electron chi connectivity index (χ2n) is 4.20. The molecule has 1 aromatic heterocycles. The molecule has 0 atom stereocenters. The van der Waals surface area contributed by atoms with Crippen molar-refractivity contribution >= 4 is 34.6 Å². The van der Waals surface area contributed by atoms with Crippen LogP contribution in [-0.2, 0) is 13.5 Å². The molecule has 0 unspecified atom stereocenters. The Hall–Kier alpha value is -1.79. The van der Waals surface area contributed by atoms with Gasteiger partial charge in [0, 0.05) is 32.3 Å². The fraction of sp³-hybridized carbons (Fsp3) is 0.250. The highest BCUT2D eigenvalue weighted by Gasteiger charge is 2.16. The smallest absolute Gasteiger partial charge is 0.293 e. The average molecular weight is 315 g/mol. The summed E-state index contributed by atoms with van der Waals surface area (Å²) in [4.78, 5) is 10.5. The minimum atomic E-state index is -0.495. The first-order valence-electron chi connectivity index (χ1n) is 5.83. The second kappa shape index (κ2) is 6.11. The first-order valence-corrected chi connectivity index (χ1v) is 6.59. The number of halogens is 2. The van der Waals surface area contributed by atoms with Crippen molar-refractivity contribution in [3.8, 4) is 0 Å². The summed E-state index contributed by atoms with van der Waals surface area (Å²) in [6.45, 7) is 0.510. The number of benzene rings is 1. The van der Waals surface area contributed by atoms with E-state index in [4.69, 9.17) is 23.2 Å². The molecule has 1 N–H and O–H groups in total. The number of hydrogen-bond donors (Lipinski definition) is 1. The van der Waals surface area contributed by atoms with Crippen molar-refractivity contribution < 1.29 is 4.92 Å². The van der Waals surface area contributed by atoms with Crippen LogP contribution in [0.4, 0.5) is 11.4 Å². The monoisotopic (exact) mass is 314 g/mol. The zero-order valence-electron chi connectivity index (χ0n) is 10.6. The Labute approximate surface area is 125 Å². The van der Waals surface area contributed by atoms with Crippen LogP contribution in [0.25, 0.3) is 0 Å². The lowest BCUT2D eigenvalue weighted by molar-refractivity contribution is -0.383. The Kier molecular flexibility index (Phi) is 4.46. The molecule has 0 aliphatic rings. The van der Waals surface area contributed by atoms with Gasteiger partial charge in [-0.15, -0.1) is 0 Å². The molecule has 0 saturated heterocycles. The number of anilines is 1. The normalized spacial score (nSPS) is 10.6. The van der Waals surface area contributed by atoms with Gasteiger partial charge < -0.3 is 5.32 Å². The summed E-state index contributed by atoms with van der Waals surface area (Å²) in [5.41, 5.74) is 1.16. The van der Waals surface area contributed by atoms with Crippen LogP contribution in [0, 0.1) is 10.1 Å². The molecule has 1 aromatic carbocycles. The number of nitrogens with zero attached hydrogens (tertiary/aromatic N) is 3. The van der Waals surface area contributed by atoms with Gasteiger partial charge >= 0.3 is 0 Å². The zero-order valence-corrected chi connectivity index (χ0v) is 12.1. The number of aromatic nitrogens is 2. The third kappa shape index (κ3) is 3.40. The van der Waals surface area contributed by atoms with Crippen molar-refractivity contribution in [2.45, 2.75) is 6.42 Å². The molecule has 0 saturated carbocycles. The third-order valence-corrected chi connectivity index (χ3v) is 3.42. The molecule has 1 heterocycles. The fourth-order valence-corrected chi connectivity index (χ4v) is 2.07. The van der Waals surface area contributed by atoms with Crippen LogP contribution in [0.2, 0.25) is 10.0 Å². The van der Waals surface area contributed by atoms with Crippen LogP contribution in [0.15, 0.2) is 24.4 Å². The van der Waals surface area contributed by atoms with Crippen molar-refractivity contribution in [2.24, 2.45) is 7.05 Å². The van der Waals surface area contributed by atoms with Crippen LogP contribution in [0.5, 0.6) is 0 Å². The summed E-state index contributed by atoms with van der Waals surface area (Å²) in [6, 6.07) is 4.60. The van der Waals surface area contributed by atoms with E-state index in [0.717, 1.165) is 5.69 Å². The summed E-state index contributed by atoms with van der Waals surface area (Å²) in [7, 11) is 1.83. The molecule has 2 aromatic rings. The van der Waals surface area contributed by atoms with Crippen LogP contribution in [0.1, 0.15) is 5.69 Å². The highest BCUT2D eigenvalue weighted by atomic mass is 35.5. The Balaban J connectivity index is 2.08. The maximum Gasteiger partial charge on any atom is 0.293 e. The van der Waals surface area contributed by atoms with E-state index >= 15 is 0 Å². The lowest BCUT2D eigenvalue weighted by atomic mass is 10.2. The highest BCUT2D eigenvalue weighted by molar-refractivity contribution is 6.42. The van der Waals surface area contributed by atoms with Crippen molar-refractivity contribution in [3.05, 3.63) is 50.2 Å². The van der Waals surface area contributed by atoms with Gasteiger partial charge in [-0.25, -0.2) is 0 Å². The van der Waals surface area contributed by atoms with Gasteiger partial charge in [-0.1, -0.05) is 23.2 Å². The Morgan fingerprint density at radius 2 is 2.10 bits per heavy atom. The van der Waals surface area contributed by atoms with E-state index in [2.05, 4.69) is 10.4 Å². The standard InChI is InChI=1S/C12H12Cl2N4O2/c1-17-5-3-8(16-17)2-4-15-11-6-9(13)10(14)7-12(11)18(19)20/h3,5-7,15H,2,4H2,1H3. The predicted molar refractivity (Wildman–Crippen MR) is 78.5 cm³/mol. The molecule has 0 radical (unpaired) electrons. The number of hydrogen-bond acceptors (Lipinski definition) is 4. The molecular formula is C12H12Cl2N4O2. The van der Waals surface area contributed by atoms with Crippen molar-refractivity contribution in [3.63, 3.8) is 0 Å². The van der Waals surface area contributed by atoms with Gasteiger partial charge in [0.2, 0.25) is 0 Å². The molecule has 0 amide bonds. The van der Waals surface area contributed by atoms with E-state index in [1.54, 1.807) is 4.68 Å².